The first kappa shape index (κ1) is 20.2. The molecule has 0 spiro atoms. The maximum absolute atomic E-state index is 12.2. The van der Waals surface area contributed by atoms with Crippen LogP contribution in [0.1, 0.15) is 17.4 Å². The second-order valence-corrected chi connectivity index (χ2v) is 7.26. The van der Waals surface area contributed by atoms with Crippen molar-refractivity contribution in [2.24, 2.45) is 0 Å². The Morgan fingerprint density at radius 3 is 2.72 bits per heavy atom. The molecule has 0 atom stereocenters. The van der Waals surface area contributed by atoms with E-state index in [1.165, 1.54) is 35.6 Å². The normalized spacial score (nSPS) is 10.8. The van der Waals surface area contributed by atoms with Crippen molar-refractivity contribution in [2.75, 3.05) is 11.9 Å². The van der Waals surface area contributed by atoms with Crippen molar-refractivity contribution in [3.8, 4) is 17.0 Å². The molecule has 148 valence electrons. The molecule has 2 aromatic carbocycles. The molecular weight excluding hydrogens is 390 g/mol. The van der Waals surface area contributed by atoms with Gasteiger partial charge in [0.05, 0.1) is 17.2 Å². The summed E-state index contributed by atoms with van der Waals surface area (Å²) in [5.41, 5.74) is 2.29. The van der Waals surface area contributed by atoms with Crippen molar-refractivity contribution in [3.05, 3.63) is 75.2 Å². The number of anilines is 1. The van der Waals surface area contributed by atoms with Crippen LogP contribution < -0.4 is 10.1 Å². The number of nitrogens with zero attached hydrogens (tertiary/aromatic N) is 2. The van der Waals surface area contributed by atoms with Gasteiger partial charge < -0.3 is 4.74 Å². The third-order valence-corrected chi connectivity index (χ3v) is 4.86. The summed E-state index contributed by atoms with van der Waals surface area (Å²) in [4.78, 5) is 28.0. The van der Waals surface area contributed by atoms with Crippen LogP contribution in [0.3, 0.4) is 0 Å². The molecule has 7 nitrogen and oxygen atoms in total. The number of carbonyl (C=O) groups is 1. The first-order chi connectivity index (χ1) is 14.0. The number of nitro benzene ring substituents is 1. The quantitative estimate of drug-likeness (QED) is 0.334. The monoisotopic (exact) mass is 409 g/mol. The topological polar surface area (TPSA) is 94.4 Å². The van der Waals surface area contributed by atoms with Crippen LogP contribution in [0.2, 0.25) is 0 Å². The number of aryl methyl sites for hydroxylation is 1. The average molecular weight is 409 g/mol. The Balaban J connectivity index is 1.69. The third kappa shape index (κ3) is 5.26. The highest BCUT2D eigenvalue weighted by atomic mass is 32.1. The van der Waals surface area contributed by atoms with Crippen LogP contribution >= 0.6 is 11.3 Å². The van der Waals surface area contributed by atoms with E-state index in [9.17, 15) is 14.9 Å². The molecule has 1 amide bonds. The van der Waals surface area contributed by atoms with E-state index >= 15 is 0 Å². The van der Waals surface area contributed by atoms with Gasteiger partial charge in [0.2, 0.25) is 5.91 Å². The predicted molar refractivity (Wildman–Crippen MR) is 114 cm³/mol. The molecule has 0 aliphatic rings. The highest BCUT2D eigenvalue weighted by Crippen LogP contribution is 2.31. The largest absolute Gasteiger partial charge is 0.494 e. The Morgan fingerprint density at radius 2 is 2.03 bits per heavy atom. The van der Waals surface area contributed by atoms with Crippen LogP contribution in [0.15, 0.2) is 54.6 Å². The van der Waals surface area contributed by atoms with E-state index in [1.807, 2.05) is 38.1 Å². The Hall–Kier alpha value is -3.52. The minimum Gasteiger partial charge on any atom is -0.494 e. The molecule has 1 N–H and O–H groups in total. The Kier molecular flexibility index (Phi) is 6.36. The van der Waals surface area contributed by atoms with Crippen molar-refractivity contribution >= 4 is 34.1 Å². The van der Waals surface area contributed by atoms with E-state index in [4.69, 9.17) is 4.74 Å². The lowest BCUT2D eigenvalue weighted by Crippen LogP contribution is -2.07. The summed E-state index contributed by atoms with van der Waals surface area (Å²) in [6.07, 6.45) is 2.85. The predicted octanol–water partition coefficient (Wildman–Crippen LogP) is 5.08. The number of non-ortho nitro benzene ring substituents is 1. The summed E-state index contributed by atoms with van der Waals surface area (Å²) in [5, 5.41) is 14.0. The summed E-state index contributed by atoms with van der Waals surface area (Å²) in [5.74, 6) is 0.437. The van der Waals surface area contributed by atoms with Crippen molar-refractivity contribution in [1.29, 1.82) is 0 Å². The first-order valence-corrected chi connectivity index (χ1v) is 9.72. The third-order valence-electron chi connectivity index (χ3n) is 3.97. The number of nitrogens with one attached hydrogen (secondary N) is 1. The minimum atomic E-state index is -0.474. The zero-order valence-corrected chi connectivity index (χ0v) is 16.7. The van der Waals surface area contributed by atoms with Gasteiger partial charge in [-0.3, -0.25) is 20.2 Å². The Labute approximate surface area is 171 Å². The molecule has 0 bridgehead atoms. The van der Waals surface area contributed by atoms with Gasteiger partial charge in [0.25, 0.3) is 5.69 Å². The molecule has 1 heterocycles. The molecule has 0 saturated carbocycles. The van der Waals surface area contributed by atoms with Gasteiger partial charge >= 0.3 is 0 Å². The summed E-state index contributed by atoms with van der Waals surface area (Å²) < 4.78 is 5.45. The summed E-state index contributed by atoms with van der Waals surface area (Å²) in [6, 6.07) is 13.7. The lowest BCUT2D eigenvalue weighted by atomic mass is 10.1. The molecule has 8 heteroatoms. The molecule has 0 aliphatic carbocycles. The van der Waals surface area contributed by atoms with Crippen molar-refractivity contribution in [1.82, 2.24) is 4.98 Å². The number of hydrogen-bond donors (Lipinski definition) is 1. The molecule has 29 heavy (non-hydrogen) atoms. The van der Waals surface area contributed by atoms with Gasteiger partial charge in [0.15, 0.2) is 5.13 Å². The van der Waals surface area contributed by atoms with E-state index in [-0.39, 0.29) is 11.6 Å². The second kappa shape index (κ2) is 9.11. The van der Waals surface area contributed by atoms with E-state index in [1.54, 1.807) is 12.1 Å². The maximum atomic E-state index is 12.2. The number of ether oxygens (including phenoxy) is 1. The fraction of sp³-hybridized carbons (Fsp3) is 0.143. The fourth-order valence-electron chi connectivity index (χ4n) is 2.65. The number of amides is 1. The molecule has 1 aromatic heterocycles. The number of nitro groups is 1. The minimum absolute atomic E-state index is 0.0249. The lowest BCUT2D eigenvalue weighted by molar-refractivity contribution is -0.384. The van der Waals surface area contributed by atoms with Crippen molar-refractivity contribution in [2.45, 2.75) is 13.8 Å². The number of thiazole rings is 1. The zero-order valence-electron chi connectivity index (χ0n) is 15.9. The second-order valence-electron chi connectivity index (χ2n) is 6.06. The van der Waals surface area contributed by atoms with Gasteiger partial charge in [-0.25, -0.2) is 4.98 Å². The van der Waals surface area contributed by atoms with Crippen LogP contribution in [0.5, 0.6) is 5.75 Å². The molecule has 0 unspecified atom stereocenters. The number of rotatable bonds is 7. The molecule has 3 rings (SSSR count). The van der Waals surface area contributed by atoms with Crippen LogP contribution in [-0.4, -0.2) is 22.4 Å². The SMILES string of the molecule is CCOc1ccc(-c2nc(NC(=O)/C=C/c3cccc([N+](=O)[O-])c3)sc2C)cc1. The van der Waals surface area contributed by atoms with Crippen LogP contribution in [-0.2, 0) is 4.79 Å². The number of hydrogen-bond acceptors (Lipinski definition) is 6. The number of carbonyl (C=O) groups excluding carboxylic acids is 1. The summed E-state index contributed by atoms with van der Waals surface area (Å²) in [6.45, 7) is 4.48. The Bertz CT molecular complexity index is 1060. The van der Waals surface area contributed by atoms with Crippen molar-refractivity contribution < 1.29 is 14.5 Å². The van der Waals surface area contributed by atoms with E-state index in [2.05, 4.69) is 10.3 Å². The summed E-state index contributed by atoms with van der Waals surface area (Å²) in [7, 11) is 0. The standard InChI is InChI=1S/C21H19N3O4S/c1-3-28-18-10-8-16(9-11-18)20-14(2)29-21(23-20)22-19(25)12-7-15-5-4-6-17(13-15)24(26)27/h4-13H,3H2,1-2H3,(H,22,23,25)/b12-7+. The molecule has 0 radical (unpaired) electrons. The first-order valence-electron chi connectivity index (χ1n) is 8.90. The number of benzene rings is 2. The molecule has 0 aliphatic heterocycles. The van der Waals surface area contributed by atoms with Gasteiger partial charge in [0.1, 0.15) is 5.75 Å². The van der Waals surface area contributed by atoms with Crippen molar-refractivity contribution in [3.63, 3.8) is 0 Å². The molecular formula is C21H19N3O4S. The van der Waals surface area contributed by atoms with Crippen LogP contribution in [0.4, 0.5) is 10.8 Å². The average Bonchev–Trinajstić information content (AvgIpc) is 3.07. The van der Waals surface area contributed by atoms with Crippen LogP contribution in [0.25, 0.3) is 17.3 Å². The van der Waals surface area contributed by atoms with Gasteiger partial charge in [-0.1, -0.05) is 12.1 Å². The van der Waals surface area contributed by atoms with Gasteiger partial charge in [-0.05, 0) is 49.8 Å². The van der Waals surface area contributed by atoms with Gasteiger partial charge in [0, 0.05) is 28.6 Å². The molecule has 0 fully saturated rings. The fourth-order valence-corrected chi connectivity index (χ4v) is 3.49. The van der Waals surface area contributed by atoms with E-state index in [0.717, 1.165) is 21.9 Å². The zero-order chi connectivity index (χ0) is 20.8. The summed E-state index contributed by atoms with van der Waals surface area (Å²) >= 11 is 1.38. The van der Waals surface area contributed by atoms with Gasteiger partial charge in [-0.2, -0.15) is 0 Å². The van der Waals surface area contributed by atoms with E-state index in [0.29, 0.717) is 17.3 Å². The highest BCUT2D eigenvalue weighted by molar-refractivity contribution is 7.16. The van der Waals surface area contributed by atoms with E-state index < -0.39 is 4.92 Å². The maximum Gasteiger partial charge on any atom is 0.270 e. The number of aromatic nitrogens is 1. The Morgan fingerprint density at radius 1 is 1.28 bits per heavy atom. The molecule has 3 aromatic rings. The van der Waals surface area contributed by atoms with Crippen LogP contribution in [0, 0.1) is 17.0 Å². The highest BCUT2D eigenvalue weighted by Gasteiger charge is 2.11. The van der Waals surface area contributed by atoms with Gasteiger partial charge in [-0.15, -0.1) is 11.3 Å². The lowest BCUT2D eigenvalue weighted by Gasteiger charge is -2.04. The smallest absolute Gasteiger partial charge is 0.270 e. The molecule has 0 saturated heterocycles.